The minimum absolute atomic E-state index is 0.700. The summed E-state index contributed by atoms with van der Waals surface area (Å²) in [5, 5.41) is 0. The van der Waals surface area contributed by atoms with Crippen molar-refractivity contribution in [1.82, 2.24) is 4.90 Å². The van der Waals surface area contributed by atoms with Gasteiger partial charge in [0.15, 0.2) is 0 Å². The molecule has 0 saturated heterocycles. The molecule has 0 amide bonds. The fourth-order valence-electron chi connectivity index (χ4n) is 1.24. The number of allylic oxidation sites excluding steroid dienone is 3. The third kappa shape index (κ3) is 3.21. The van der Waals surface area contributed by atoms with Crippen LogP contribution in [0.2, 0.25) is 0 Å². The molecule has 11 heavy (non-hydrogen) atoms. The van der Waals surface area contributed by atoms with Gasteiger partial charge in [-0.2, -0.15) is 0 Å². The van der Waals surface area contributed by atoms with Crippen LogP contribution >= 0.6 is 15.9 Å². The van der Waals surface area contributed by atoms with Gasteiger partial charge in [-0.15, -0.1) is 0 Å². The Morgan fingerprint density at radius 2 is 2.36 bits per heavy atom. The van der Waals surface area contributed by atoms with Gasteiger partial charge >= 0.3 is 0 Å². The predicted molar refractivity (Wildman–Crippen MR) is 52.8 cm³/mol. The van der Waals surface area contributed by atoms with Crippen LogP contribution in [0.4, 0.5) is 0 Å². The van der Waals surface area contributed by atoms with Crippen LogP contribution in [0.25, 0.3) is 0 Å². The first kappa shape index (κ1) is 9.01. The first-order valence-corrected chi connectivity index (χ1v) is 4.66. The summed E-state index contributed by atoms with van der Waals surface area (Å²) in [6, 6.07) is 0. The van der Waals surface area contributed by atoms with E-state index < -0.39 is 0 Å². The van der Waals surface area contributed by atoms with Gasteiger partial charge in [-0.05, 0) is 26.4 Å². The molecule has 1 aliphatic rings. The smallest absolute Gasteiger partial charge is 0.0132 e. The Balaban J connectivity index is 2.37. The van der Waals surface area contributed by atoms with Gasteiger partial charge in [0, 0.05) is 11.0 Å². The quantitative estimate of drug-likeness (QED) is 0.685. The summed E-state index contributed by atoms with van der Waals surface area (Å²) < 4.78 is 1.22. The van der Waals surface area contributed by atoms with Crippen molar-refractivity contribution >= 4 is 15.9 Å². The van der Waals surface area contributed by atoms with Crippen molar-refractivity contribution in [1.29, 1.82) is 0 Å². The SMILES string of the molecule is CN(C)CC1C=CC(Br)=CC1. The van der Waals surface area contributed by atoms with Crippen molar-refractivity contribution in [2.75, 3.05) is 20.6 Å². The average Bonchev–Trinajstić information content (AvgIpc) is 1.93. The molecule has 0 spiro atoms. The van der Waals surface area contributed by atoms with E-state index in [1.807, 2.05) is 0 Å². The fraction of sp³-hybridized carbons (Fsp3) is 0.556. The average molecular weight is 216 g/mol. The zero-order chi connectivity index (χ0) is 8.27. The van der Waals surface area contributed by atoms with Gasteiger partial charge in [0.2, 0.25) is 0 Å². The maximum absolute atomic E-state index is 3.44. The molecule has 62 valence electrons. The Hall–Kier alpha value is -0.0800. The lowest BCUT2D eigenvalue weighted by Gasteiger charge is -2.18. The molecule has 2 heteroatoms. The Bertz CT molecular complexity index is 182. The molecule has 1 nitrogen and oxygen atoms in total. The molecule has 0 aliphatic heterocycles. The van der Waals surface area contributed by atoms with Gasteiger partial charge in [0.1, 0.15) is 0 Å². The predicted octanol–water partition coefficient (Wildman–Crippen LogP) is 2.40. The number of halogens is 1. The molecule has 0 radical (unpaired) electrons. The number of hydrogen-bond acceptors (Lipinski definition) is 1. The molecule has 0 heterocycles. The highest BCUT2D eigenvalue weighted by atomic mass is 79.9. The third-order valence-corrected chi connectivity index (χ3v) is 2.33. The topological polar surface area (TPSA) is 3.24 Å². The molecule has 0 aromatic heterocycles. The van der Waals surface area contributed by atoms with E-state index in [4.69, 9.17) is 0 Å². The van der Waals surface area contributed by atoms with Crippen LogP contribution in [0.1, 0.15) is 6.42 Å². The summed E-state index contributed by atoms with van der Waals surface area (Å²) >= 11 is 3.44. The van der Waals surface area contributed by atoms with E-state index in [-0.39, 0.29) is 0 Å². The molecule has 0 saturated carbocycles. The highest BCUT2D eigenvalue weighted by molar-refractivity contribution is 9.11. The van der Waals surface area contributed by atoms with E-state index >= 15 is 0 Å². The first-order valence-electron chi connectivity index (χ1n) is 3.87. The summed E-state index contributed by atoms with van der Waals surface area (Å²) in [5.41, 5.74) is 0. The number of hydrogen-bond donors (Lipinski definition) is 0. The van der Waals surface area contributed by atoms with Crippen molar-refractivity contribution < 1.29 is 0 Å². The highest BCUT2D eigenvalue weighted by Gasteiger charge is 2.07. The van der Waals surface area contributed by atoms with Crippen molar-refractivity contribution in [3.8, 4) is 0 Å². The lowest BCUT2D eigenvalue weighted by molar-refractivity contribution is 0.359. The van der Waals surface area contributed by atoms with Crippen LogP contribution in [0.5, 0.6) is 0 Å². The van der Waals surface area contributed by atoms with E-state index in [2.05, 4.69) is 53.2 Å². The van der Waals surface area contributed by atoms with E-state index in [1.54, 1.807) is 0 Å². The van der Waals surface area contributed by atoms with Gasteiger partial charge in [0.05, 0.1) is 0 Å². The maximum Gasteiger partial charge on any atom is 0.0132 e. The zero-order valence-electron chi connectivity index (χ0n) is 7.05. The van der Waals surface area contributed by atoms with Crippen LogP contribution in [-0.2, 0) is 0 Å². The van der Waals surface area contributed by atoms with E-state index in [0.29, 0.717) is 5.92 Å². The third-order valence-electron chi connectivity index (χ3n) is 1.74. The van der Waals surface area contributed by atoms with Gasteiger partial charge in [-0.25, -0.2) is 0 Å². The van der Waals surface area contributed by atoms with Crippen LogP contribution in [0.15, 0.2) is 22.7 Å². The second kappa shape index (κ2) is 4.07. The molecule has 1 aliphatic carbocycles. The summed E-state index contributed by atoms with van der Waals surface area (Å²) in [4.78, 5) is 2.22. The fourth-order valence-corrected chi connectivity index (χ4v) is 1.58. The largest absolute Gasteiger partial charge is 0.309 e. The molecular weight excluding hydrogens is 202 g/mol. The van der Waals surface area contributed by atoms with Gasteiger partial charge in [0.25, 0.3) is 0 Å². The van der Waals surface area contributed by atoms with Gasteiger partial charge in [-0.3, -0.25) is 0 Å². The minimum Gasteiger partial charge on any atom is -0.309 e. The summed E-state index contributed by atoms with van der Waals surface area (Å²) in [5.74, 6) is 0.700. The molecule has 0 aromatic carbocycles. The second-order valence-electron chi connectivity index (χ2n) is 3.21. The molecule has 1 atom stereocenters. The Labute approximate surface area is 76.9 Å². The second-order valence-corrected chi connectivity index (χ2v) is 4.12. The molecular formula is C9H14BrN. The van der Waals surface area contributed by atoms with Crippen molar-refractivity contribution in [3.63, 3.8) is 0 Å². The molecule has 0 fully saturated rings. The van der Waals surface area contributed by atoms with Crippen LogP contribution in [-0.4, -0.2) is 25.5 Å². The number of rotatable bonds is 2. The molecule has 1 rings (SSSR count). The van der Waals surface area contributed by atoms with Gasteiger partial charge in [-0.1, -0.05) is 34.2 Å². The van der Waals surface area contributed by atoms with Crippen LogP contribution < -0.4 is 0 Å². The minimum atomic E-state index is 0.700. The van der Waals surface area contributed by atoms with E-state index in [9.17, 15) is 0 Å². The summed E-state index contributed by atoms with van der Waals surface area (Å²) in [6.45, 7) is 1.15. The zero-order valence-corrected chi connectivity index (χ0v) is 8.63. The lowest BCUT2D eigenvalue weighted by Crippen LogP contribution is -2.20. The van der Waals surface area contributed by atoms with Crippen molar-refractivity contribution in [2.24, 2.45) is 5.92 Å². The maximum atomic E-state index is 3.44. The standard InChI is InChI=1S/C9H14BrN/c1-11(2)7-8-3-5-9(10)6-4-8/h3,5-6,8H,4,7H2,1-2H3. The van der Waals surface area contributed by atoms with Gasteiger partial charge < -0.3 is 4.90 Å². The van der Waals surface area contributed by atoms with Crippen LogP contribution in [0, 0.1) is 5.92 Å². The highest BCUT2D eigenvalue weighted by Crippen LogP contribution is 2.20. The molecule has 0 aromatic rings. The molecule has 0 N–H and O–H groups in total. The molecule has 0 bridgehead atoms. The monoisotopic (exact) mass is 215 g/mol. The van der Waals surface area contributed by atoms with Crippen molar-refractivity contribution in [3.05, 3.63) is 22.7 Å². The first-order chi connectivity index (χ1) is 5.18. The summed E-state index contributed by atoms with van der Waals surface area (Å²) in [6.07, 6.45) is 7.80. The Morgan fingerprint density at radius 1 is 1.64 bits per heavy atom. The Morgan fingerprint density at radius 3 is 2.82 bits per heavy atom. The van der Waals surface area contributed by atoms with Crippen LogP contribution in [0.3, 0.4) is 0 Å². The van der Waals surface area contributed by atoms with E-state index in [1.165, 1.54) is 4.48 Å². The Kier molecular flexibility index (Phi) is 3.34. The summed E-state index contributed by atoms with van der Waals surface area (Å²) in [7, 11) is 4.22. The van der Waals surface area contributed by atoms with E-state index in [0.717, 1.165) is 13.0 Å². The lowest BCUT2D eigenvalue weighted by atomic mass is 10.0. The number of nitrogens with zero attached hydrogens (tertiary/aromatic N) is 1. The van der Waals surface area contributed by atoms with Crippen molar-refractivity contribution in [2.45, 2.75) is 6.42 Å². The molecule has 1 unspecified atom stereocenters. The normalized spacial score (nSPS) is 24.0.